The van der Waals surface area contributed by atoms with Gasteiger partial charge in [-0.05, 0) is 37.1 Å². The van der Waals surface area contributed by atoms with Crippen molar-refractivity contribution in [3.05, 3.63) is 109 Å². The molecule has 2 aromatic heterocycles. The summed E-state index contributed by atoms with van der Waals surface area (Å²) in [6.45, 7) is 4.17. The molecule has 0 saturated heterocycles. The zero-order valence-corrected chi connectivity index (χ0v) is 26.1. The van der Waals surface area contributed by atoms with Crippen LogP contribution in [0.1, 0.15) is 51.1 Å². The van der Waals surface area contributed by atoms with Gasteiger partial charge in [0.05, 0.1) is 11.8 Å². The van der Waals surface area contributed by atoms with Gasteiger partial charge in [0.2, 0.25) is 0 Å². The van der Waals surface area contributed by atoms with E-state index in [9.17, 15) is 9.59 Å². The van der Waals surface area contributed by atoms with E-state index in [1.165, 1.54) is 0 Å². The number of fused-ring (bicyclic) bond motifs is 10. The number of carbonyl (C=O) groups is 2. The van der Waals surface area contributed by atoms with Crippen molar-refractivity contribution in [1.82, 2.24) is 0 Å². The minimum atomic E-state index is -0.162. The van der Waals surface area contributed by atoms with Gasteiger partial charge in [0.1, 0.15) is 34.2 Å². The number of esters is 2. The van der Waals surface area contributed by atoms with E-state index >= 15 is 0 Å². The smallest absolute Gasteiger partial charge is 0.314 e. The summed E-state index contributed by atoms with van der Waals surface area (Å²) in [5.74, 6) is 2.36. The van der Waals surface area contributed by atoms with E-state index in [0.717, 1.165) is 81.4 Å². The van der Waals surface area contributed by atoms with Crippen LogP contribution in [0, 0.1) is 11.8 Å². The fourth-order valence-electron chi connectivity index (χ4n) is 6.73. The molecule has 0 amide bonds. The Morgan fingerprint density at radius 2 is 0.935 bits per heavy atom. The monoisotopic (exact) mass is 612 g/mol. The Labute approximate surface area is 267 Å². The number of para-hydroxylation sites is 4. The predicted octanol–water partition coefficient (Wildman–Crippen LogP) is 9.96. The van der Waals surface area contributed by atoms with E-state index in [4.69, 9.17) is 18.3 Å². The quantitative estimate of drug-likeness (QED) is 0.146. The van der Waals surface area contributed by atoms with Crippen LogP contribution in [0.4, 0.5) is 0 Å². The molecular formula is C40H36O6. The minimum absolute atomic E-state index is 0.160. The van der Waals surface area contributed by atoms with Crippen molar-refractivity contribution in [1.29, 1.82) is 0 Å². The van der Waals surface area contributed by atoms with Gasteiger partial charge in [0, 0.05) is 45.9 Å². The molecule has 0 unspecified atom stereocenters. The van der Waals surface area contributed by atoms with Gasteiger partial charge in [-0.1, -0.05) is 99.5 Å². The third-order valence-corrected chi connectivity index (χ3v) is 8.88. The molecule has 232 valence electrons. The van der Waals surface area contributed by atoms with Crippen molar-refractivity contribution in [3.8, 4) is 33.8 Å². The molecule has 8 rings (SSSR count). The van der Waals surface area contributed by atoms with Gasteiger partial charge in [-0.2, -0.15) is 0 Å². The largest absolute Gasteiger partial charge is 0.460 e. The summed E-state index contributed by atoms with van der Waals surface area (Å²) in [5, 5.41) is 2.14. The molecule has 2 aliphatic rings. The molecule has 0 saturated carbocycles. The highest BCUT2D eigenvalue weighted by Gasteiger charge is 2.31. The van der Waals surface area contributed by atoms with Crippen molar-refractivity contribution in [3.63, 3.8) is 0 Å². The summed E-state index contributed by atoms with van der Waals surface area (Å²) in [7, 11) is 0. The average molecular weight is 613 g/mol. The number of ether oxygens (including phenoxy) is 2. The second kappa shape index (κ2) is 12.7. The number of rotatable bonds is 4. The van der Waals surface area contributed by atoms with Gasteiger partial charge in [0.25, 0.3) is 0 Å². The van der Waals surface area contributed by atoms with E-state index in [1.54, 1.807) is 0 Å². The molecule has 6 aromatic rings. The van der Waals surface area contributed by atoms with E-state index in [1.807, 2.05) is 84.9 Å². The van der Waals surface area contributed by atoms with Gasteiger partial charge in [0.15, 0.2) is 0 Å². The number of hydrogen-bond acceptors (Lipinski definition) is 6. The van der Waals surface area contributed by atoms with Crippen LogP contribution in [0.3, 0.4) is 0 Å². The van der Waals surface area contributed by atoms with Crippen LogP contribution in [-0.4, -0.2) is 11.9 Å². The topological polar surface area (TPSA) is 78.9 Å². The molecular weight excluding hydrogens is 576 g/mol. The van der Waals surface area contributed by atoms with Crippen LogP contribution in [0.25, 0.3) is 44.2 Å². The molecule has 0 radical (unpaired) electrons. The maximum absolute atomic E-state index is 12.5. The van der Waals surface area contributed by atoms with Gasteiger partial charge < -0.3 is 18.3 Å². The standard InChI is InChI=1S/2C20H18O3/c2*1-2-7-13-12-18-19(14-8-3-5-10-16(14)22-18)15-9-4-6-11-17(15)23-20(13)21/h2*3-6,8-11,13H,2,7,12H2,1H3/t2*13-/m00/s1. The molecule has 2 atom stereocenters. The Morgan fingerprint density at radius 1 is 0.543 bits per heavy atom. The lowest BCUT2D eigenvalue weighted by molar-refractivity contribution is -0.140. The first-order valence-corrected chi connectivity index (χ1v) is 16.2. The summed E-state index contributed by atoms with van der Waals surface area (Å²) < 4.78 is 23.6. The molecule has 0 aliphatic carbocycles. The molecule has 6 heteroatoms. The highest BCUT2D eigenvalue weighted by molar-refractivity contribution is 5.99. The van der Waals surface area contributed by atoms with Crippen LogP contribution >= 0.6 is 0 Å². The normalized spacial score (nSPS) is 17.1. The Morgan fingerprint density at radius 3 is 1.37 bits per heavy atom. The van der Waals surface area contributed by atoms with Gasteiger partial charge >= 0.3 is 11.9 Å². The lowest BCUT2D eigenvalue weighted by Crippen LogP contribution is -2.24. The molecule has 6 nitrogen and oxygen atoms in total. The van der Waals surface area contributed by atoms with Gasteiger partial charge in [-0.3, -0.25) is 9.59 Å². The first kappa shape index (κ1) is 29.6. The fourth-order valence-corrected chi connectivity index (χ4v) is 6.73. The molecule has 2 aliphatic heterocycles. The molecule has 0 N–H and O–H groups in total. The van der Waals surface area contributed by atoms with Gasteiger partial charge in [-0.15, -0.1) is 0 Å². The Hall–Kier alpha value is -5.10. The van der Waals surface area contributed by atoms with Crippen LogP contribution in [0.2, 0.25) is 0 Å². The third kappa shape index (κ3) is 5.49. The van der Waals surface area contributed by atoms with Crippen molar-refractivity contribution < 1.29 is 27.9 Å². The Balaban J connectivity index is 0.000000147. The fraction of sp³-hybridized carbons (Fsp3) is 0.250. The van der Waals surface area contributed by atoms with Crippen LogP contribution < -0.4 is 9.47 Å². The molecule has 0 bridgehead atoms. The lowest BCUT2D eigenvalue weighted by atomic mass is 9.92. The van der Waals surface area contributed by atoms with E-state index in [-0.39, 0.29) is 23.8 Å². The Bertz CT molecular complexity index is 1900. The van der Waals surface area contributed by atoms with E-state index in [2.05, 4.69) is 26.0 Å². The van der Waals surface area contributed by atoms with E-state index in [0.29, 0.717) is 24.3 Å². The zero-order chi connectivity index (χ0) is 31.6. The SMILES string of the molecule is CCC[C@H]1Cc2oc3ccccc3c2-c2ccccc2OC1=O.CCC[C@H]1Cc2oc3ccccc3c2-c2ccccc2OC1=O. The highest BCUT2D eigenvalue weighted by Crippen LogP contribution is 2.44. The van der Waals surface area contributed by atoms with Crippen molar-refractivity contribution in [2.24, 2.45) is 11.8 Å². The summed E-state index contributed by atoms with van der Waals surface area (Å²) in [5.41, 5.74) is 5.69. The second-order valence-corrected chi connectivity index (χ2v) is 12.0. The average Bonchev–Trinajstić information content (AvgIpc) is 3.61. The summed E-state index contributed by atoms with van der Waals surface area (Å²) in [4.78, 5) is 25.0. The summed E-state index contributed by atoms with van der Waals surface area (Å²) in [6, 6.07) is 31.4. The molecule has 4 heterocycles. The molecule has 0 fully saturated rings. The second-order valence-electron chi connectivity index (χ2n) is 12.0. The molecule has 46 heavy (non-hydrogen) atoms. The third-order valence-electron chi connectivity index (χ3n) is 8.88. The van der Waals surface area contributed by atoms with E-state index < -0.39 is 0 Å². The maximum atomic E-state index is 12.5. The highest BCUT2D eigenvalue weighted by atomic mass is 16.5. The first-order valence-electron chi connectivity index (χ1n) is 16.2. The zero-order valence-electron chi connectivity index (χ0n) is 26.1. The maximum Gasteiger partial charge on any atom is 0.314 e. The molecule has 0 spiro atoms. The lowest BCUT2D eigenvalue weighted by Gasteiger charge is -2.20. The number of carbonyl (C=O) groups excluding carboxylic acids is 2. The van der Waals surface area contributed by atoms with Crippen LogP contribution in [0.15, 0.2) is 106 Å². The minimum Gasteiger partial charge on any atom is -0.460 e. The van der Waals surface area contributed by atoms with Crippen LogP contribution in [0.5, 0.6) is 11.5 Å². The van der Waals surface area contributed by atoms with Crippen molar-refractivity contribution >= 4 is 33.9 Å². The predicted molar refractivity (Wildman–Crippen MR) is 179 cm³/mol. The first-order chi connectivity index (χ1) is 22.6. The number of hydrogen-bond donors (Lipinski definition) is 0. The number of benzene rings is 4. The van der Waals surface area contributed by atoms with Crippen molar-refractivity contribution in [2.75, 3.05) is 0 Å². The molecule has 4 aromatic carbocycles. The Kier molecular flexibility index (Phi) is 8.18. The van der Waals surface area contributed by atoms with Crippen molar-refractivity contribution in [2.45, 2.75) is 52.4 Å². The van der Waals surface area contributed by atoms with Gasteiger partial charge in [-0.25, -0.2) is 0 Å². The number of furan rings is 2. The van der Waals surface area contributed by atoms with Crippen LogP contribution in [-0.2, 0) is 22.4 Å². The summed E-state index contributed by atoms with van der Waals surface area (Å²) in [6.07, 6.45) is 4.67. The summed E-state index contributed by atoms with van der Waals surface area (Å²) >= 11 is 0.